The minimum Gasteiger partial charge on any atom is -0.435 e. The number of nitrogens with one attached hydrogen (secondary N) is 1. The highest BCUT2D eigenvalue weighted by Gasteiger charge is 2.17. The zero-order chi connectivity index (χ0) is 21.7. The molecule has 1 heterocycles. The number of carbonyl (C=O) groups excluding carboxylic acids is 1. The molecule has 0 bridgehead atoms. The number of ether oxygens (including phenoxy) is 1. The van der Waals surface area contributed by atoms with Crippen LogP contribution in [0.1, 0.15) is 15.9 Å². The molecule has 0 saturated carbocycles. The van der Waals surface area contributed by atoms with Crippen LogP contribution in [0.3, 0.4) is 0 Å². The normalized spacial score (nSPS) is 11.3. The lowest BCUT2D eigenvalue weighted by atomic mass is 10.1. The Kier molecular flexibility index (Phi) is 6.68. The fourth-order valence-corrected chi connectivity index (χ4v) is 4.72. The van der Waals surface area contributed by atoms with Gasteiger partial charge in [-0.3, -0.25) is 9.52 Å². The fourth-order valence-electron chi connectivity index (χ4n) is 2.68. The second kappa shape index (κ2) is 9.23. The van der Waals surface area contributed by atoms with E-state index in [-0.39, 0.29) is 28.1 Å². The molecule has 0 unspecified atom stereocenters. The molecule has 0 radical (unpaired) electrons. The molecule has 0 fully saturated rings. The first kappa shape index (κ1) is 21.7. The number of sulfonamides is 1. The number of benzene rings is 2. The van der Waals surface area contributed by atoms with Crippen molar-refractivity contribution >= 4 is 33.0 Å². The first-order valence-electron chi connectivity index (χ1n) is 8.70. The molecule has 3 rings (SSSR count). The van der Waals surface area contributed by atoms with E-state index in [1.165, 1.54) is 29.2 Å². The van der Waals surface area contributed by atoms with E-state index in [0.717, 1.165) is 16.9 Å². The molecule has 10 heteroatoms. The molecule has 3 aromatic rings. The number of carbonyl (C=O) groups is 1. The SMILES string of the molecule is CN(Cc1ccc(OC(F)F)cc1)C(=O)c1cccc(NS(=O)(=O)c2cccs2)c1. The van der Waals surface area contributed by atoms with E-state index in [9.17, 15) is 22.0 Å². The van der Waals surface area contributed by atoms with Gasteiger partial charge < -0.3 is 9.64 Å². The van der Waals surface area contributed by atoms with E-state index >= 15 is 0 Å². The van der Waals surface area contributed by atoms with Gasteiger partial charge in [-0.25, -0.2) is 8.42 Å². The average Bonchev–Trinajstić information content (AvgIpc) is 3.24. The Bertz CT molecular complexity index is 1100. The number of anilines is 1. The summed E-state index contributed by atoms with van der Waals surface area (Å²) in [7, 11) is -2.12. The van der Waals surface area contributed by atoms with E-state index in [4.69, 9.17) is 0 Å². The number of halogens is 2. The zero-order valence-electron chi connectivity index (χ0n) is 15.8. The van der Waals surface area contributed by atoms with Gasteiger partial charge in [0.15, 0.2) is 0 Å². The third-order valence-electron chi connectivity index (χ3n) is 4.04. The van der Waals surface area contributed by atoms with Crippen LogP contribution >= 0.6 is 11.3 Å². The van der Waals surface area contributed by atoms with Gasteiger partial charge in [0, 0.05) is 24.8 Å². The van der Waals surface area contributed by atoms with Gasteiger partial charge in [0.2, 0.25) is 0 Å². The van der Waals surface area contributed by atoms with Crippen LogP contribution in [0.25, 0.3) is 0 Å². The van der Waals surface area contributed by atoms with Gasteiger partial charge >= 0.3 is 6.61 Å². The van der Waals surface area contributed by atoms with Gasteiger partial charge in [0.1, 0.15) is 9.96 Å². The highest BCUT2D eigenvalue weighted by atomic mass is 32.2. The standard InChI is InChI=1S/C20H18F2N2O4S2/c1-24(13-14-7-9-17(10-8-14)28-20(21)22)19(25)15-4-2-5-16(12-15)23-30(26,27)18-6-3-11-29-18/h2-12,20,23H,13H2,1H3. The molecule has 0 spiro atoms. The maximum atomic E-state index is 12.7. The molecule has 6 nitrogen and oxygen atoms in total. The molecule has 0 aliphatic rings. The summed E-state index contributed by atoms with van der Waals surface area (Å²) in [5.74, 6) is -0.284. The van der Waals surface area contributed by atoms with E-state index in [0.29, 0.717) is 5.56 Å². The highest BCUT2D eigenvalue weighted by Crippen LogP contribution is 2.22. The van der Waals surface area contributed by atoms with E-state index < -0.39 is 16.6 Å². The maximum Gasteiger partial charge on any atom is 0.387 e. The molecule has 1 N–H and O–H groups in total. The second-order valence-corrected chi connectivity index (χ2v) is 9.16. The number of hydrogen-bond donors (Lipinski definition) is 1. The Balaban J connectivity index is 1.68. The number of alkyl halides is 2. The lowest BCUT2D eigenvalue weighted by molar-refractivity contribution is -0.0498. The zero-order valence-corrected chi connectivity index (χ0v) is 17.4. The predicted molar refractivity (Wildman–Crippen MR) is 110 cm³/mol. The van der Waals surface area contributed by atoms with Crippen LogP contribution in [0.5, 0.6) is 5.75 Å². The Morgan fingerprint density at radius 3 is 2.50 bits per heavy atom. The second-order valence-electron chi connectivity index (χ2n) is 6.30. The summed E-state index contributed by atoms with van der Waals surface area (Å²) in [4.78, 5) is 14.2. The van der Waals surface area contributed by atoms with Crippen molar-refractivity contribution in [2.75, 3.05) is 11.8 Å². The number of thiophene rings is 1. The first-order chi connectivity index (χ1) is 14.2. The molecule has 1 aromatic heterocycles. The fraction of sp³-hybridized carbons (Fsp3) is 0.150. The third kappa shape index (κ3) is 5.55. The molecular formula is C20H18F2N2O4S2. The van der Waals surface area contributed by atoms with Crippen LogP contribution < -0.4 is 9.46 Å². The van der Waals surface area contributed by atoms with Crippen molar-refractivity contribution in [2.45, 2.75) is 17.4 Å². The summed E-state index contributed by atoms with van der Waals surface area (Å²) >= 11 is 1.09. The average molecular weight is 453 g/mol. The van der Waals surface area contributed by atoms with Crippen molar-refractivity contribution in [1.82, 2.24) is 4.90 Å². The van der Waals surface area contributed by atoms with E-state index in [2.05, 4.69) is 9.46 Å². The third-order valence-corrected chi connectivity index (χ3v) is 6.82. The molecule has 2 aromatic carbocycles. The van der Waals surface area contributed by atoms with Crippen LogP contribution in [0.4, 0.5) is 14.5 Å². The lowest BCUT2D eigenvalue weighted by Gasteiger charge is -2.18. The lowest BCUT2D eigenvalue weighted by Crippen LogP contribution is -2.26. The molecular weight excluding hydrogens is 434 g/mol. The predicted octanol–water partition coefficient (Wildman–Crippen LogP) is 4.42. The summed E-state index contributed by atoms with van der Waals surface area (Å²) < 4.78 is 56.1. The highest BCUT2D eigenvalue weighted by molar-refractivity contribution is 7.94. The number of rotatable bonds is 8. The van der Waals surface area contributed by atoms with Crippen LogP contribution in [-0.2, 0) is 16.6 Å². The molecule has 30 heavy (non-hydrogen) atoms. The Labute approximate surface area is 176 Å². The molecule has 158 valence electrons. The van der Waals surface area contributed by atoms with Gasteiger partial charge in [-0.1, -0.05) is 24.3 Å². The minimum absolute atomic E-state index is 0.0356. The van der Waals surface area contributed by atoms with Gasteiger partial charge in [-0.05, 0) is 47.3 Å². The van der Waals surface area contributed by atoms with Crippen molar-refractivity contribution in [3.05, 3.63) is 77.2 Å². The number of nitrogens with zero attached hydrogens (tertiary/aromatic N) is 1. The molecule has 0 atom stereocenters. The minimum atomic E-state index is -3.72. The summed E-state index contributed by atoms with van der Waals surface area (Å²) in [6, 6.07) is 15.3. The van der Waals surface area contributed by atoms with Crippen LogP contribution in [0.2, 0.25) is 0 Å². The van der Waals surface area contributed by atoms with Crippen molar-refractivity contribution in [2.24, 2.45) is 0 Å². The maximum absolute atomic E-state index is 12.7. The summed E-state index contributed by atoms with van der Waals surface area (Å²) in [5, 5.41) is 1.66. The van der Waals surface area contributed by atoms with Crippen molar-refractivity contribution in [1.29, 1.82) is 0 Å². The molecule has 0 saturated heterocycles. The molecule has 1 amide bonds. The van der Waals surface area contributed by atoms with Crippen molar-refractivity contribution < 1.29 is 26.7 Å². The van der Waals surface area contributed by atoms with Crippen LogP contribution in [-0.4, -0.2) is 32.9 Å². The van der Waals surface area contributed by atoms with Gasteiger partial charge in [0.05, 0.1) is 0 Å². The van der Waals surface area contributed by atoms with Crippen molar-refractivity contribution in [3.63, 3.8) is 0 Å². The Morgan fingerprint density at radius 2 is 1.87 bits per heavy atom. The molecule has 0 aliphatic carbocycles. The molecule has 0 aliphatic heterocycles. The smallest absolute Gasteiger partial charge is 0.387 e. The number of hydrogen-bond acceptors (Lipinski definition) is 5. The monoisotopic (exact) mass is 452 g/mol. The van der Waals surface area contributed by atoms with E-state index in [1.807, 2.05) is 0 Å². The Morgan fingerprint density at radius 1 is 1.13 bits per heavy atom. The first-order valence-corrected chi connectivity index (χ1v) is 11.1. The summed E-state index contributed by atoms with van der Waals surface area (Å²) in [6.45, 7) is -2.66. The van der Waals surface area contributed by atoms with Crippen LogP contribution in [0, 0.1) is 0 Å². The summed E-state index contributed by atoms with van der Waals surface area (Å²) in [6.07, 6.45) is 0. The number of amides is 1. The topological polar surface area (TPSA) is 75.7 Å². The van der Waals surface area contributed by atoms with Gasteiger partial charge in [-0.2, -0.15) is 8.78 Å². The quantitative estimate of drug-likeness (QED) is 0.549. The van der Waals surface area contributed by atoms with E-state index in [1.54, 1.807) is 48.8 Å². The largest absolute Gasteiger partial charge is 0.435 e. The van der Waals surface area contributed by atoms with Gasteiger partial charge in [0.25, 0.3) is 15.9 Å². The van der Waals surface area contributed by atoms with Gasteiger partial charge in [-0.15, -0.1) is 11.3 Å². The summed E-state index contributed by atoms with van der Waals surface area (Å²) in [5.41, 5.74) is 1.31. The van der Waals surface area contributed by atoms with Crippen LogP contribution in [0.15, 0.2) is 70.3 Å². The Hall–Kier alpha value is -2.98. The van der Waals surface area contributed by atoms with Crippen molar-refractivity contribution in [3.8, 4) is 5.75 Å².